The highest BCUT2D eigenvalue weighted by molar-refractivity contribution is 7.47. The number of phosphoric ester groups is 1. The third-order valence-electron chi connectivity index (χ3n) is 3.86. The lowest BCUT2D eigenvalue weighted by Crippen LogP contribution is -2.37. The number of hydrogen-bond donors (Lipinski definition) is 3. The summed E-state index contributed by atoms with van der Waals surface area (Å²) in [6, 6.07) is 6.49. The second-order valence-corrected chi connectivity index (χ2v) is 7.54. The van der Waals surface area contributed by atoms with Gasteiger partial charge in [-0.3, -0.25) is 14.0 Å². The molecule has 0 radical (unpaired) electrons. The van der Waals surface area contributed by atoms with Gasteiger partial charge in [0.25, 0.3) is 0 Å². The van der Waals surface area contributed by atoms with E-state index in [1.165, 1.54) is 24.3 Å². The van der Waals surface area contributed by atoms with E-state index in [1.807, 2.05) is 0 Å². The van der Waals surface area contributed by atoms with Crippen molar-refractivity contribution in [2.75, 3.05) is 6.61 Å². The number of rotatable bonds is 6. The van der Waals surface area contributed by atoms with Gasteiger partial charge in [-0.2, -0.15) is 0 Å². The van der Waals surface area contributed by atoms with Gasteiger partial charge in [0, 0.05) is 11.2 Å². The number of phosphoric acid groups is 1. The first-order valence-electron chi connectivity index (χ1n) is 7.87. The Labute approximate surface area is 162 Å². The van der Waals surface area contributed by atoms with Crippen LogP contribution in [-0.4, -0.2) is 49.6 Å². The van der Waals surface area contributed by atoms with Crippen molar-refractivity contribution in [2.24, 2.45) is 0 Å². The smallest absolute Gasteiger partial charge is 0.527 e. The highest BCUT2D eigenvalue weighted by atomic mass is 35.5. The Balaban J connectivity index is 1.79. The molecular weight excluding hydrogens is 419 g/mol. The zero-order valence-electron chi connectivity index (χ0n) is 14.0. The number of aliphatic hydroxyl groups excluding tert-OH is 2. The molecule has 1 aromatic heterocycles. The summed E-state index contributed by atoms with van der Waals surface area (Å²) < 4.78 is 28.3. The first-order chi connectivity index (χ1) is 13.2. The van der Waals surface area contributed by atoms with Crippen molar-refractivity contribution < 1.29 is 38.6 Å². The van der Waals surface area contributed by atoms with Gasteiger partial charge in [0.05, 0.1) is 6.61 Å². The molecule has 2 aromatic rings. The van der Waals surface area contributed by atoms with Gasteiger partial charge in [0.1, 0.15) is 24.1 Å². The van der Waals surface area contributed by atoms with E-state index in [0.717, 1.165) is 16.8 Å². The summed E-state index contributed by atoms with van der Waals surface area (Å²) in [7, 11) is -4.75. The van der Waals surface area contributed by atoms with Gasteiger partial charge in [0.2, 0.25) is 0 Å². The molecule has 5 atom stereocenters. The molecule has 152 valence electrons. The molecule has 0 aliphatic carbocycles. The summed E-state index contributed by atoms with van der Waals surface area (Å²) >= 11 is 5.73. The molecule has 1 saturated heterocycles. The molecule has 1 unspecified atom stereocenters. The van der Waals surface area contributed by atoms with Gasteiger partial charge in [0.15, 0.2) is 6.23 Å². The fourth-order valence-electron chi connectivity index (χ4n) is 2.62. The van der Waals surface area contributed by atoms with E-state index in [9.17, 15) is 29.6 Å². The highest BCUT2D eigenvalue weighted by Crippen LogP contribution is 2.48. The third kappa shape index (κ3) is 4.53. The maximum atomic E-state index is 12.3. The minimum atomic E-state index is -4.75. The standard InChI is InChI=1S/C15H16ClN2O9P/c16-8-1-3-9(4-2-8)26-28(23,24)27-13-10(7-19)25-14(12(13)21)18-6-5-11(20)17-15(18)22/h1-6,10,12-14,19,21H,7H2,(H,23,24)(H,17,20,22)/p-1/t10-,12-,13-,14-/m1/s1. The van der Waals surface area contributed by atoms with E-state index in [-0.39, 0.29) is 5.75 Å². The molecule has 1 aromatic carbocycles. The van der Waals surface area contributed by atoms with Crippen molar-refractivity contribution in [3.05, 3.63) is 52.0 Å². The molecular formula is C15H15ClN2O9P-. The lowest BCUT2D eigenvalue weighted by molar-refractivity contribution is -0.275. The zero-order chi connectivity index (χ0) is 20.5. The SMILES string of the molecule is O=c1nc([O-])ccn1[C@@H]1O[C@H](CO)[C@@H](OP(=O)(O)Oc2ccc(Cl)cc2)[C@H]1O. The Hall–Kier alpha value is -1.98. The minimum absolute atomic E-state index is 0.0211. The van der Waals surface area contributed by atoms with Crippen LogP contribution in [0.2, 0.25) is 5.02 Å². The Morgan fingerprint density at radius 3 is 2.61 bits per heavy atom. The number of hydrogen-bond acceptors (Lipinski definition) is 9. The molecule has 1 fully saturated rings. The number of aliphatic hydroxyl groups is 2. The van der Waals surface area contributed by atoms with Gasteiger partial charge in [-0.25, -0.2) is 14.3 Å². The Morgan fingerprint density at radius 1 is 1.32 bits per heavy atom. The summed E-state index contributed by atoms with van der Waals surface area (Å²) in [5, 5.41) is 31.4. The second-order valence-electron chi connectivity index (χ2n) is 5.78. The second kappa shape index (κ2) is 8.18. The molecule has 0 saturated carbocycles. The van der Waals surface area contributed by atoms with Crippen LogP contribution in [0, 0.1) is 0 Å². The molecule has 1 aliphatic rings. The largest absolute Gasteiger partial charge is 0.858 e. The molecule has 28 heavy (non-hydrogen) atoms. The molecule has 0 amide bonds. The van der Waals surface area contributed by atoms with Crippen LogP contribution in [0.4, 0.5) is 0 Å². The van der Waals surface area contributed by atoms with Gasteiger partial charge in [-0.05, 0) is 36.2 Å². The average Bonchev–Trinajstić information content (AvgIpc) is 2.92. The maximum absolute atomic E-state index is 12.3. The first kappa shape index (κ1) is 20.7. The van der Waals surface area contributed by atoms with Crippen molar-refractivity contribution in [3.63, 3.8) is 0 Å². The van der Waals surface area contributed by atoms with Gasteiger partial charge >= 0.3 is 13.5 Å². The number of nitrogens with zero attached hydrogens (tertiary/aromatic N) is 2. The van der Waals surface area contributed by atoms with Gasteiger partial charge in [-0.15, -0.1) is 0 Å². The van der Waals surface area contributed by atoms with Crippen LogP contribution >= 0.6 is 19.4 Å². The average molecular weight is 434 g/mol. The summed E-state index contributed by atoms with van der Waals surface area (Å²) in [5.41, 5.74) is -1.00. The van der Waals surface area contributed by atoms with Crippen LogP contribution < -0.4 is 15.3 Å². The monoisotopic (exact) mass is 433 g/mol. The lowest BCUT2D eigenvalue weighted by atomic mass is 10.1. The number of ether oxygens (including phenoxy) is 1. The Bertz CT molecular complexity index is 938. The van der Waals surface area contributed by atoms with E-state index in [4.69, 9.17) is 25.4 Å². The fourth-order valence-corrected chi connectivity index (χ4v) is 3.75. The van der Waals surface area contributed by atoms with Crippen LogP contribution in [0.25, 0.3) is 0 Å². The Kier molecular flexibility index (Phi) is 6.06. The third-order valence-corrected chi connectivity index (χ3v) is 5.06. The Morgan fingerprint density at radius 2 is 2.00 bits per heavy atom. The summed E-state index contributed by atoms with van der Waals surface area (Å²) in [6.07, 6.45) is -4.78. The highest BCUT2D eigenvalue weighted by Gasteiger charge is 2.49. The quantitative estimate of drug-likeness (QED) is 0.519. The van der Waals surface area contributed by atoms with Crippen LogP contribution in [-0.2, 0) is 13.8 Å². The van der Waals surface area contributed by atoms with Crippen LogP contribution in [0.5, 0.6) is 11.6 Å². The molecule has 3 N–H and O–H groups in total. The van der Waals surface area contributed by atoms with Crippen molar-refractivity contribution in [2.45, 2.75) is 24.5 Å². The van der Waals surface area contributed by atoms with Crippen LogP contribution in [0.15, 0.2) is 41.3 Å². The lowest BCUT2D eigenvalue weighted by Gasteiger charge is -2.22. The van der Waals surface area contributed by atoms with Crippen molar-refractivity contribution >= 4 is 19.4 Å². The number of halogens is 1. The van der Waals surface area contributed by atoms with Crippen molar-refractivity contribution in [3.8, 4) is 11.6 Å². The molecule has 13 heteroatoms. The van der Waals surface area contributed by atoms with E-state index in [0.29, 0.717) is 5.02 Å². The number of benzene rings is 1. The normalized spacial score (nSPS) is 26.7. The van der Waals surface area contributed by atoms with Crippen LogP contribution in [0.3, 0.4) is 0 Å². The maximum Gasteiger partial charge on any atom is 0.527 e. The van der Waals surface area contributed by atoms with Crippen molar-refractivity contribution in [1.82, 2.24) is 9.55 Å². The fraction of sp³-hybridized carbons (Fsp3) is 0.333. The van der Waals surface area contributed by atoms with E-state index in [1.54, 1.807) is 0 Å². The molecule has 0 spiro atoms. The number of aromatic nitrogens is 2. The van der Waals surface area contributed by atoms with Crippen LogP contribution in [0.1, 0.15) is 6.23 Å². The predicted molar refractivity (Wildman–Crippen MR) is 91.7 cm³/mol. The molecule has 2 heterocycles. The summed E-state index contributed by atoms with van der Waals surface area (Å²) in [6.45, 7) is -0.693. The minimum Gasteiger partial charge on any atom is -0.858 e. The van der Waals surface area contributed by atoms with E-state index in [2.05, 4.69) is 4.98 Å². The topological polar surface area (TPSA) is 163 Å². The predicted octanol–water partition coefficient (Wildman–Crippen LogP) is -0.215. The zero-order valence-corrected chi connectivity index (χ0v) is 15.6. The molecule has 3 rings (SSSR count). The summed E-state index contributed by atoms with van der Waals surface area (Å²) in [4.78, 5) is 25.0. The molecule has 1 aliphatic heterocycles. The van der Waals surface area contributed by atoms with Crippen molar-refractivity contribution in [1.29, 1.82) is 0 Å². The van der Waals surface area contributed by atoms with E-state index < -0.39 is 50.5 Å². The summed E-state index contributed by atoms with van der Waals surface area (Å²) in [5.74, 6) is -0.802. The first-order valence-corrected chi connectivity index (χ1v) is 9.74. The molecule has 0 bridgehead atoms. The molecule has 11 nitrogen and oxygen atoms in total. The van der Waals surface area contributed by atoms with E-state index >= 15 is 0 Å². The van der Waals surface area contributed by atoms with Gasteiger partial charge < -0.3 is 24.6 Å². The van der Waals surface area contributed by atoms with Gasteiger partial charge in [-0.1, -0.05) is 11.6 Å².